The molecule has 8 heteroatoms. The van der Waals surface area contributed by atoms with Crippen LogP contribution in [0.4, 0.5) is 15.8 Å². The highest BCUT2D eigenvalue weighted by Gasteiger charge is 2.27. The molecule has 0 atom stereocenters. The van der Waals surface area contributed by atoms with E-state index in [9.17, 15) is 17.6 Å². The number of anilines is 2. The second-order valence-corrected chi connectivity index (χ2v) is 10.2. The Morgan fingerprint density at radius 3 is 2.18 bits per heavy atom. The molecular weight excluding hydrogens is 453 g/mol. The van der Waals surface area contributed by atoms with Crippen LogP contribution in [-0.2, 0) is 21.4 Å². The van der Waals surface area contributed by atoms with Crippen molar-refractivity contribution in [3.05, 3.63) is 90.2 Å². The zero-order valence-corrected chi connectivity index (χ0v) is 19.7. The minimum absolute atomic E-state index is 0.0844. The number of amides is 1. The van der Waals surface area contributed by atoms with Crippen molar-refractivity contribution in [2.75, 3.05) is 28.8 Å². The lowest BCUT2D eigenvalue weighted by Crippen LogP contribution is -2.40. The van der Waals surface area contributed by atoms with E-state index in [1.54, 1.807) is 30.3 Å². The zero-order valence-electron chi connectivity index (χ0n) is 18.9. The monoisotopic (exact) mass is 481 g/mol. The number of para-hydroxylation sites is 1. The van der Waals surface area contributed by atoms with Gasteiger partial charge in [-0.1, -0.05) is 30.3 Å². The van der Waals surface area contributed by atoms with E-state index in [-0.39, 0.29) is 4.90 Å². The highest BCUT2D eigenvalue weighted by atomic mass is 32.2. The maximum Gasteiger partial charge on any atom is 0.264 e. The number of carbonyl (C=O) groups is 1. The SMILES string of the molecule is O=C(CN(c1ccccc1)S(=O)(=O)c1ccc(F)cc1)NCc1ccc(N2CCCCC2)cc1. The molecule has 0 unspecified atom stereocenters. The van der Waals surface area contributed by atoms with Gasteiger partial charge in [-0.25, -0.2) is 12.8 Å². The van der Waals surface area contributed by atoms with E-state index in [4.69, 9.17) is 0 Å². The van der Waals surface area contributed by atoms with Crippen LogP contribution in [0.25, 0.3) is 0 Å². The summed E-state index contributed by atoms with van der Waals surface area (Å²) in [6.45, 7) is 2.02. The summed E-state index contributed by atoms with van der Waals surface area (Å²) in [5.41, 5.74) is 2.46. The van der Waals surface area contributed by atoms with Gasteiger partial charge in [-0.3, -0.25) is 9.10 Å². The highest BCUT2D eigenvalue weighted by molar-refractivity contribution is 7.92. The van der Waals surface area contributed by atoms with Crippen LogP contribution in [0, 0.1) is 5.82 Å². The van der Waals surface area contributed by atoms with Crippen LogP contribution in [0.3, 0.4) is 0 Å². The van der Waals surface area contributed by atoms with Crippen molar-refractivity contribution in [2.45, 2.75) is 30.7 Å². The molecule has 1 N–H and O–H groups in total. The lowest BCUT2D eigenvalue weighted by Gasteiger charge is -2.28. The van der Waals surface area contributed by atoms with Crippen LogP contribution in [0.15, 0.2) is 83.8 Å². The molecule has 0 aliphatic carbocycles. The molecule has 0 saturated carbocycles. The first-order chi connectivity index (χ1) is 16.4. The van der Waals surface area contributed by atoms with Gasteiger partial charge in [-0.15, -0.1) is 0 Å². The molecule has 1 heterocycles. The molecule has 0 radical (unpaired) electrons. The molecule has 34 heavy (non-hydrogen) atoms. The summed E-state index contributed by atoms with van der Waals surface area (Å²) in [5, 5.41) is 2.81. The highest BCUT2D eigenvalue weighted by Crippen LogP contribution is 2.24. The van der Waals surface area contributed by atoms with Crippen molar-refractivity contribution < 1.29 is 17.6 Å². The van der Waals surface area contributed by atoms with E-state index in [1.165, 1.54) is 37.1 Å². The summed E-state index contributed by atoms with van der Waals surface area (Å²) in [6.07, 6.45) is 3.69. The summed E-state index contributed by atoms with van der Waals surface area (Å²) in [6, 6.07) is 21.0. The molecule has 3 aromatic rings. The van der Waals surface area contributed by atoms with Crippen LogP contribution in [0.2, 0.25) is 0 Å². The fourth-order valence-electron chi connectivity index (χ4n) is 4.01. The van der Waals surface area contributed by atoms with Crippen molar-refractivity contribution in [3.8, 4) is 0 Å². The molecule has 3 aromatic carbocycles. The number of rotatable bonds is 8. The van der Waals surface area contributed by atoms with E-state index in [1.807, 2.05) is 12.1 Å². The van der Waals surface area contributed by atoms with Gasteiger partial charge in [0.1, 0.15) is 12.4 Å². The molecule has 1 amide bonds. The maximum atomic E-state index is 13.3. The first-order valence-corrected chi connectivity index (χ1v) is 12.8. The van der Waals surface area contributed by atoms with Gasteiger partial charge >= 0.3 is 0 Å². The molecule has 6 nitrogen and oxygen atoms in total. The van der Waals surface area contributed by atoms with E-state index in [2.05, 4.69) is 22.3 Å². The number of carbonyl (C=O) groups excluding carboxylic acids is 1. The Labute approximate surface area is 200 Å². The van der Waals surface area contributed by atoms with Crippen molar-refractivity contribution in [3.63, 3.8) is 0 Å². The Bertz CT molecular complexity index is 1190. The first kappa shape index (κ1) is 23.8. The molecule has 4 rings (SSSR count). The number of nitrogens with one attached hydrogen (secondary N) is 1. The lowest BCUT2D eigenvalue weighted by atomic mass is 10.1. The second-order valence-electron chi connectivity index (χ2n) is 8.29. The zero-order chi connectivity index (χ0) is 24.0. The minimum Gasteiger partial charge on any atom is -0.372 e. The van der Waals surface area contributed by atoms with Gasteiger partial charge in [0.2, 0.25) is 5.91 Å². The molecule has 1 saturated heterocycles. The van der Waals surface area contributed by atoms with E-state index < -0.39 is 28.3 Å². The van der Waals surface area contributed by atoms with Gasteiger partial charge in [0.15, 0.2) is 0 Å². The number of piperidine rings is 1. The Hall–Kier alpha value is -3.39. The first-order valence-electron chi connectivity index (χ1n) is 11.4. The summed E-state index contributed by atoms with van der Waals surface area (Å²) < 4.78 is 40.9. The Balaban J connectivity index is 1.44. The third-order valence-electron chi connectivity index (χ3n) is 5.88. The van der Waals surface area contributed by atoms with Gasteiger partial charge in [-0.05, 0) is 73.4 Å². The van der Waals surface area contributed by atoms with Crippen molar-refractivity contribution in [1.29, 1.82) is 0 Å². The average Bonchev–Trinajstić information content (AvgIpc) is 2.87. The number of sulfonamides is 1. The Morgan fingerprint density at radius 1 is 0.882 bits per heavy atom. The number of hydrogen-bond acceptors (Lipinski definition) is 4. The number of benzene rings is 3. The number of nitrogens with zero attached hydrogens (tertiary/aromatic N) is 2. The van der Waals surface area contributed by atoms with Gasteiger partial charge in [0.05, 0.1) is 10.6 Å². The second kappa shape index (κ2) is 10.7. The Kier molecular flexibility index (Phi) is 7.47. The van der Waals surface area contributed by atoms with Crippen molar-refractivity contribution in [1.82, 2.24) is 5.32 Å². The van der Waals surface area contributed by atoms with Gasteiger partial charge in [-0.2, -0.15) is 0 Å². The summed E-state index contributed by atoms with van der Waals surface area (Å²) in [5.74, 6) is -0.969. The summed E-state index contributed by atoms with van der Waals surface area (Å²) in [4.78, 5) is 15.0. The largest absolute Gasteiger partial charge is 0.372 e. The van der Waals surface area contributed by atoms with Crippen LogP contribution >= 0.6 is 0 Å². The molecule has 1 aliphatic heterocycles. The molecule has 1 aliphatic rings. The smallest absolute Gasteiger partial charge is 0.264 e. The van der Waals surface area contributed by atoms with Gasteiger partial charge < -0.3 is 10.2 Å². The minimum atomic E-state index is -4.07. The average molecular weight is 482 g/mol. The van der Waals surface area contributed by atoms with Crippen molar-refractivity contribution >= 4 is 27.3 Å². The van der Waals surface area contributed by atoms with Gasteiger partial charge in [0, 0.05) is 25.3 Å². The molecule has 0 bridgehead atoms. The van der Waals surface area contributed by atoms with Crippen LogP contribution < -0.4 is 14.5 Å². The molecule has 0 spiro atoms. The van der Waals surface area contributed by atoms with Crippen LogP contribution in [0.5, 0.6) is 0 Å². The van der Waals surface area contributed by atoms with E-state index in [0.29, 0.717) is 12.2 Å². The lowest BCUT2D eigenvalue weighted by molar-refractivity contribution is -0.119. The topological polar surface area (TPSA) is 69.7 Å². The van der Waals surface area contributed by atoms with Gasteiger partial charge in [0.25, 0.3) is 10.0 Å². The molecule has 0 aromatic heterocycles. The van der Waals surface area contributed by atoms with Crippen LogP contribution in [-0.4, -0.2) is 34.0 Å². The normalized spacial score (nSPS) is 14.0. The van der Waals surface area contributed by atoms with Crippen molar-refractivity contribution in [2.24, 2.45) is 0 Å². The molecule has 1 fully saturated rings. The quantitative estimate of drug-likeness (QED) is 0.520. The van der Waals surface area contributed by atoms with E-state index in [0.717, 1.165) is 35.1 Å². The number of halogens is 1. The van der Waals surface area contributed by atoms with E-state index >= 15 is 0 Å². The molecule has 178 valence electrons. The fraction of sp³-hybridized carbons (Fsp3) is 0.269. The fourth-order valence-corrected chi connectivity index (χ4v) is 5.43. The van der Waals surface area contributed by atoms with Crippen LogP contribution in [0.1, 0.15) is 24.8 Å². The predicted octanol–water partition coefficient (Wildman–Crippen LogP) is 4.33. The number of hydrogen-bond donors (Lipinski definition) is 1. The predicted molar refractivity (Wildman–Crippen MR) is 132 cm³/mol. The third-order valence-corrected chi connectivity index (χ3v) is 7.67. The Morgan fingerprint density at radius 2 is 1.53 bits per heavy atom. The molecular formula is C26H28FN3O3S. The summed E-state index contributed by atoms with van der Waals surface area (Å²) in [7, 11) is -4.07. The third kappa shape index (κ3) is 5.75. The summed E-state index contributed by atoms with van der Waals surface area (Å²) >= 11 is 0. The maximum absolute atomic E-state index is 13.3. The standard InChI is InChI=1S/C26H28FN3O3S/c27-22-11-15-25(16-12-22)34(32,33)30(24-7-3-1-4-8-24)20-26(31)28-19-21-9-13-23(14-10-21)29-17-5-2-6-18-29/h1,3-4,7-16H,2,5-6,17-20H2,(H,28,31).